The molecule has 0 bridgehead atoms. The number of aliphatic hydroxyl groups is 2. The number of pyridine rings is 1. The molecule has 0 aliphatic carbocycles. The van der Waals surface area contributed by atoms with Crippen molar-refractivity contribution in [1.82, 2.24) is 9.88 Å². The first kappa shape index (κ1) is 16.1. The Kier molecular flexibility index (Phi) is 7.29. The molecule has 0 aliphatic heterocycles. The average Bonchev–Trinajstić information content (AvgIpc) is 2.49. The maximum Gasteiger partial charge on any atom is 0.255 e. The highest BCUT2D eigenvalue weighted by Crippen LogP contribution is 2.09. The second-order valence-corrected chi connectivity index (χ2v) is 3.89. The minimum atomic E-state index is -0.285. The summed E-state index contributed by atoms with van der Waals surface area (Å²) in [4.78, 5) is 17.8. The van der Waals surface area contributed by atoms with Crippen LogP contribution in [0, 0.1) is 11.8 Å². The number of rotatable bonds is 6. The number of aromatic nitrogens is 1. The molecule has 0 fully saturated rings. The van der Waals surface area contributed by atoms with E-state index in [2.05, 4.69) is 16.8 Å². The molecule has 0 saturated heterocycles. The first-order valence-corrected chi connectivity index (χ1v) is 6.17. The van der Waals surface area contributed by atoms with Gasteiger partial charge in [0.15, 0.2) is 0 Å². The van der Waals surface area contributed by atoms with Crippen molar-refractivity contribution in [3.05, 3.63) is 29.6 Å². The molecule has 2 N–H and O–H groups in total. The van der Waals surface area contributed by atoms with E-state index < -0.39 is 0 Å². The van der Waals surface area contributed by atoms with Crippen LogP contribution < -0.4 is 0 Å². The van der Waals surface area contributed by atoms with Crippen molar-refractivity contribution in [1.29, 1.82) is 0 Å². The first-order chi connectivity index (χ1) is 9.74. The minimum absolute atomic E-state index is 0.127. The summed E-state index contributed by atoms with van der Waals surface area (Å²) in [5, 5.41) is 17.8. The van der Waals surface area contributed by atoms with Crippen LogP contribution in [0.3, 0.4) is 0 Å². The van der Waals surface area contributed by atoms with Gasteiger partial charge < -0.3 is 19.8 Å². The Bertz CT molecular complexity index is 493. The quantitative estimate of drug-likeness (QED) is 0.686. The molecule has 108 valence electrons. The Morgan fingerprint density at radius 1 is 1.45 bits per heavy atom. The zero-order chi connectivity index (χ0) is 14.8. The monoisotopic (exact) mass is 278 g/mol. The number of ether oxygens (including phenoxy) is 1. The van der Waals surface area contributed by atoms with Gasteiger partial charge in [-0.25, -0.2) is 0 Å². The van der Waals surface area contributed by atoms with Crippen molar-refractivity contribution in [2.24, 2.45) is 0 Å². The second-order valence-electron chi connectivity index (χ2n) is 3.89. The zero-order valence-corrected chi connectivity index (χ0v) is 11.4. The van der Waals surface area contributed by atoms with E-state index >= 15 is 0 Å². The van der Waals surface area contributed by atoms with Crippen molar-refractivity contribution in [3.8, 4) is 11.8 Å². The Hall–Kier alpha value is -1.94. The van der Waals surface area contributed by atoms with Crippen molar-refractivity contribution in [2.45, 2.75) is 0 Å². The minimum Gasteiger partial charge on any atom is -0.395 e. The van der Waals surface area contributed by atoms with Crippen LogP contribution in [0.2, 0.25) is 0 Å². The summed E-state index contributed by atoms with van der Waals surface area (Å²) in [6.45, 7) is 0.571. The fourth-order valence-corrected chi connectivity index (χ4v) is 1.62. The normalized spacial score (nSPS) is 9.75. The highest BCUT2D eigenvalue weighted by atomic mass is 16.5. The highest BCUT2D eigenvalue weighted by molar-refractivity contribution is 5.96. The van der Waals surface area contributed by atoms with Crippen molar-refractivity contribution in [2.75, 3.05) is 40.0 Å². The van der Waals surface area contributed by atoms with Crippen LogP contribution in [0.1, 0.15) is 15.9 Å². The lowest BCUT2D eigenvalue weighted by Crippen LogP contribution is -2.36. The Morgan fingerprint density at radius 3 is 2.90 bits per heavy atom. The lowest BCUT2D eigenvalue weighted by Gasteiger charge is -2.21. The van der Waals surface area contributed by atoms with E-state index in [-0.39, 0.29) is 25.7 Å². The molecule has 0 unspecified atom stereocenters. The van der Waals surface area contributed by atoms with Crippen LogP contribution >= 0.6 is 0 Å². The topological polar surface area (TPSA) is 82.9 Å². The van der Waals surface area contributed by atoms with Crippen molar-refractivity contribution < 1.29 is 19.7 Å². The van der Waals surface area contributed by atoms with Gasteiger partial charge in [0.05, 0.1) is 24.3 Å². The maximum atomic E-state index is 12.4. The third kappa shape index (κ3) is 4.63. The van der Waals surface area contributed by atoms with Crippen molar-refractivity contribution >= 4 is 5.91 Å². The molecular formula is C14H18N2O4. The van der Waals surface area contributed by atoms with Gasteiger partial charge in [0.2, 0.25) is 0 Å². The van der Waals surface area contributed by atoms with E-state index in [0.29, 0.717) is 24.3 Å². The molecule has 1 amide bonds. The van der Waals surface area contributed by atoms with Gasteiger partial charge in [0.1, 0.15) is 6.61 Å². The van der Waals surface area contributed by atoms with Crippen LogP contribution in [0.4, 0.5) is 0 Å². The molecule has 0 spiro atoms. The molecule has 6 heteroatoms. The maximum absolute atomic E-state index is 12.4. The van der Waals surface area contributed by atoms with Gasteiger partial charge in [-0.05, 0) is 6.07 Å². The molecule has 0 aliphatic rings. The van der Waals surface area contributed by atoms with E-state index in [1.807, 2.05) is 0 Å². The molecule has 1 rings (SSSR count). The average molecular weight is 278 g/mol. The number of hydrogen-bond acceptors (Lipinski definition) is 5. The SMILES string of the molecule is COCCN(CCO)C(=O)c1ccncc1C#CCO. The Labute approximate surface area is 118 Å². The number of aliphatic hydroxyl groups excluding tert-OH is 2. The summed E-state index contributed by atoms with van der Waals surface area (Å²) in [6, 6.07) is 1.57. The van der Waals surface area contributed by atoms with Crippen LogP contribution in [0.5, 0.6) is 0 Å². The van der Waals surface area contributed by atoms with Crippen molar-refractivity contribution in [3.63, 3.8) is 0 Å². The smallest absolute Gasteiger partial charge is 0.255 e. The molecule has 0 saturated carbocycles. The fraction of sp³-hybridized carbons (Fsp3) is 0.429. The summed E-state index contributed by atoms with van der Waals surface area (Å²) < 4.78 is 4.95. The summed E-state index contributed by atoms with van der Waals surface area (Å²) >= 11 is 0. The van der Waals surface area contributed by atoms with E-state index in [1.54, 1.807) is 13.2 Å². The Morgan fingerprint density at radius 2 is 2.25 bits per heavy atom. The zero-order valence-electron chi connectivity index (χ0n) is 11.4. The lowest BCUT2D eigenvalue weighted by molar-refractivity contribution is 0.0656. The number of hydrogen-bond donors (Lipinski definition) is 2. The third-order valence-corrected chi connectivity index (χ3v) is 2.58. The van der Waals surface area contributed by atoms with Gasteiger partial charge in [-0.3, -0.25) is 9.78 Å². The molecule has 1 aromatic rings. The summed E-state index contributed by atoms with van der Waals surface area (Å²) in [5.41, 5.74) is 0.845. The van der Waals surface area contributed by atoms with Gasteiger partial charge >= 0.3 is 0 Å². The molecule has 1 aromatic heterocycles. The van der Waals surface area contributed by atoms with Gasteiger partial charge in [0.25, 0.3) is 5.91 Å². The van der Waals surface area contributed by atoms with Gasteiger partial charge in [-0.15, -0.1) is 0 Å². The highest BCUT2D eigenvalue weighted by Gasteiger charge is 2.17. The summed E-state index contributed by atoms with van der Waals surface area (Å²) in [7, 11) is 1.55. The molecule has 0 aromatic carbocycles. The molecule has 20 heavy (non-hydrogen) atoms. The number of amides is 1. The molecule has 1 heterocycles. The lowest BCUT2D eigenvalue weighted by atomic mass is 10.1. The molecular weight excluding hydrogens is 260 g/mol. The van der Waals surface area contributed by atoms with E-state index in [0.717, 1.165) is 0 Å². The number of methoxy groups -OCH3 is 1. The van der Waals surface area contributed by atoms with Crippen LogP contribution in [-0.4, -0.2) is 66.0 Å². The number of nitrogens with zero attached hydrogens (tertiary/aromatic N) is 2. The third-order valence-electron chi connectivity index (χ3n) is 2.58. The Balaban J connectivity index is 2.98. The first-order valence-electron chi connectivity index (χ1n) is 6.17. The van der Waals surface area contributed by atoms with E-state index in [9.17, 15) is 4.79 Å². The van der Waals surface area contributed by atoms with Gasteiger partial charge in [-0.2, -0.15) is 0 Å². The fourth-order valence-electron chi connectivity index (χ4n) is 1.62. The summed E-state index contributed by atoms with van der Waals surface area (Å²) in [6.07, 6.45) is 2.98. The van der Waals surface area contributed by atoms with E-state index in [1.165, 1.54) is 17.3 Å². The largest absolute Gasteiger partial charge is 0.395 e. The number of carbonyl (C=O) groups is 1. The molecule has 0 radical (unpaired) electrons. The second kappa shape index (κ2) is 9.04. The standard InChI is InChI=1S/C14H18N2O4/c1-20-10-7-16(6-9-18)14(19)13-4-5-15-11-12(13)3-2-8-17/h4-5,11,17-18H,6-10H2,1H3. The van der Waals surface area contributed by atoms with Crippen LogP contribution in [0.25, 0.3) is 0 Å². The molecule has 0 atom stereocenters. The molecule has 6 nitrogen and oxygen atoms in total. The van der Waals surface area contributed by atoms with Crippen LogP contribution in [-0.2, 0) is 4.74 Å². The number of carbonyl (C=O) groups excluding carboxylic acids is 1. The van der Waals surface area contributed by atoms with Gasteiger partial charge in [0, 0.05) is 32.6 Å². The predicted molar refractivity (Wildman–Crippen MR) is 73.1 cm³/mol. The van der Waals surface area contributed by atoms with Crippen LogP contribution in [0.15, 0.2) is 18.5 Å². The summed E-state index contributed by atoms with van der Waals surface area (Å²) in [5.74, 6) is 4.94. The van der Waals surface area contributed by atoms with E-state index in [4.69, 9.17) is 14.9 Å². The van der Waals surface area contributed by atoms with Gasteiger partial charge in [-0.1, -0.05) is 11.8 Å². The predicted octanol–water partition coefficient (Wildman–Crippen LogP) is -0.494.